The number of amides is 3. The summed E-state index contributed by atoms with van der Waals surface area (Å²) in [5.41, 5.74) is 1.16. The number of rotatable bonds is 7. The van der Waals surface area contributed by atoms with E-state index >= 15 is 0 Å². The second-order valence-corrected chi connectivity index (χ2v) is 8.22. The summed E-state index contributed by atoms with van der Waals surface area (Å²) in [5, 5.41) is 17.2. The van der Waals surface area contributed by atoms with Crippen LogP contribution in [0.25, 0.3) is 0 Å². The van der Waals surface area contributed by atoms with E-state index in [-0.39, 0.29) is 11.9 Å². The third-order valence-corrected chi connectivity index (χ3v) is 4.59. The van der Waals surface area contributed by atoms with Crippen molar-refractivity contribution in [1.29, 1.82) is 0 Å². The SMILES string of the molecule is CCNC(=O)Nc1nnc(C(=O)N2CCN[C@@H](CC(C)C)C2)cc1CC(C)C. The van der Waals surface area contributed by atoms with Gasteiger partial charge in [-0.2, -0.15) is 0 Å². The molecule has 2 heterocycles. The predicted octanol–water partition coefficient (Wildman–Crippen LogP) is 2.28. The van der Waals surface area contributed by atoms with Crippen LogP contribution in [0.15, 0.2) is 6.07 Å². The topological polar surface area (TPSA) is 99.2 Å². The lowest BCUT2D eigenvalue weighted by Crippen LogP contribution is -2.53. The van der Waals surface area contributed by atoms with Crippen LogP contribution in [0, 0.1) is 11.8 Å². The Bertz CT molecular complexity index is 677. The van der Waals surface area contributed by atoms with E-state index in [0.717, 1.165) is 18.5 Å². The molecule has 0 spiro atoms. The largest absolute Gasteiger partial charge is 0.338 e. The summed E-state index contributed by atoms with van der Waals surface area (Å²) >= 11 is 0. The van der Waals surface area contributed by atoms with Gasteiger partial charge < -0.3 is 15.5 Å². The fraction of sp³-hybridized carbons (Fsp3) is 0.700. The zero-order valence-corrected chi connectivity index (χ0v) is 17.7. The standard InChI is InChI=1S/C20H34N6O2/c1-6-21-20(28)23-18-15(9-13(2)3)11-17(24-25-18)19(27)26-8-7-22-16(12-26)10-14(4)5/h11,13-14,16,22H,6-10,12H2,1-5H3,(H2,21,23,25,28)/t16-/m0/s1. The van der Waals surface area contributed by atoms with Gasteiger partial charge in [-0.3, -0.25) is 10.1 Å². The van der Waals surface area contributed by atoms with Crippen LogP contribution in [0.2, 0.25) is 0 Å². The fourth-order valence-corrected chi connectivity index (χ4v) is 3.45. The first kappa shape index (κ1) is 22.1. The molecular weight excluding hydrogens is 356 g/mol. The Morgan fingerprint density at radius 2 is 2.00 bits per heavy atom. The molecule has 0 aromatic carbocycles. The van der Waals surface area contributed by atoms with Crippen molar-refractivity contribution in [3.63, 3.8) is 0 Å². The molecule has 156 valence electrons. The molecule has 1 aliphatic heterocycles. The van der Waals surface area contributed by atoms with E-state index < -0.39 is 0 Å². The highest BCUT2D eigenvalue weighted by atomic mass is 16.2. The maximum Gasteiger partial charge on any atom is 0.320 e. The van der Waals surface area contributed by atoms with E-state index in [1.165, 1.54) is 0 Å². The lowest BCUT2D eigenvalue weighted by molar-refractivity contribution is 0.0687. The quantitative estimate of drug-likeness (QED) is 0.663. The maximum atomic E-state index is 13.0. The molecule has 1 saturated heterocycles. The highest BCUT2D eigenvalue weighted by Gasteiger charge is 2.26. The Hall–Kier alpha value is -2.22. The molecule has 1 atom stereocenters. The van der Waals surface area contributed by atoms with Crippen molar-refractivity contribution < 1.29 is 9.59 Å². The van der Waals surface area contributed by atoms with Crippen LogP contribution >= 0.6 is 0 Å². The normalized spacial score (nSPS) is 17.1. The van der Waals surface area contributed by atoms with Gasteiger partial charge in [0.1, 0.15) is 0 Å². The zero-order chi connectivity index (χ0) is 20.7. The molecule has 1 aromatic rings. The summed E-state index contributed by atoms with van der Waals surface area (Å²) < 4.78 is 0. The lowest BCUT2D eigenvalue weighted by Gasteiger charge is -2.34. The molecule has 3 N–H and O–H groups in total. The van der Waals surface area contributed by atoms with Crippen molar-refractivity contribution in [2.24, 2.45) is 11.8 Å². The number of anilines is 1. The number of urea groups is 1. The van der Waals surface area contributed by atoms with Gasteiger partial charge in [-0.1, -0.05) is 27.7 Å². The Balaban J connectivity index is 2.17. The predicted molar refractivity (Wildman–Crippen MR) is 110 cm³/mol. The Morgan fingerprint density at radius 3 is 2.64 bits per heavy atom. The summed E-state index contributed by atoms with van der Waals surface area (Å²) in [6, 6.07) is 1.76. The smallest absolute Gasteiger partial charge is 0.320 e. The summed E-state index contributed by atoms with van der Waals surface area (Å²) in [4.78, 5) is 26.7. The zero-order valence-electron chi connectivity index (χ0n) is 17.7. The van der Waals surface area contributed by atoms with Gasteiger partial charge in [0.15, 0.2) is 11.5 Å². The van der Waals surface area contributed by atoms with Gasteiger partial charge in [-0.05, 0) is 43.2 Å². The number of nitrogens with one attached hydrogen (secondary N) is 3. The summed E-state index contributed by atoms with van der Waals surface area (Å²) in [5.74, 6) is 1.24. The van der Waals surface area contributed by atoms with Crippen molar-refractivity contribution in [2.75, 3.05) is 31.5 Å². The van der Waals surface area contributed by atoms with Crippen LogP contribution in [0.4, 0.5) is 10.6 Å². The molecule has 0 radical (unpaired) electrons. The second-order valence-electron chi connectivity index (χ2n) is 8.22. The van der Waals surface area contributed by atoms with Crippen molar-refractivity contribution in [2.45, 2.75) is 53.5 Å². The third-order valence-electron chi connectivity index (χ3n) is 4.59. The molecule has 8 nitrogen and oxygen atoms in total. The molecule has 2 rings (SSSR count). The van der Waals surface area contributed by atoms with Crippen molar-refractivity contribution in [3.8, 4) is 0 Å². The van der Waals surface area contributed by atoms with Crippen LogP contribution in [-0.2, 0) is 6.42 Å². The number of carbonyl (C=O) groups excluding carboxylic acids is 2. The average Bonchev–Trinajstić information content (AvgIpc) is 2.62. The van der Waals surface area contributed by atoms with Gasteiger partial charge >= 0.3 is 6.03 Å². The Kier molecular flexibility index (Phi) is 8.17. The van der Waals surface area contributed by atoms with E-state index in [0.29, 0.717) is 55.4 Å². The van der Waals surface area contributed by atoms with Gasteiger partial charge in [-0.25, -0.2) is 4.79 Å². The van der Waals surface area contributed by atoms with Crippen molar-refractivity contribution >= 4 is 17.8 Å². The summed E-state index contributed by atoms with van der Waals surface area (Å²) in [7, 11) is 0. The van der Waals surface area contributed by atoms with Crippen LogP contribution < -0.4 is 16.0 Å². The molecular formula is C20H34N6O2. The number of hydrogen-bond donors (Lipinski definition) is 3. The number of aromatic nitrogens is 2. The van der Waals surface area contributed by atoms with Crippen molar-refractivity contribution in [1.82, 2.24) is 25.7 Å². The molecule has 1 aliphatic rings. The number of carbonyl (C=O) groups is 2. The van der Waals surface area contributed by atoms with Gasteiger partial charge in [-0.15, -0.1) is 10.2 Å². The maximum absolute atomic E-state index is 13.0. The van der Waals surface area contributed by atoms with Crippen LogP contribution in [0.3, 0.4) is 0 Å². The van der Waals surface area contributed by atoms with Gasteiger partial charge in [0, 0.05) is 32.2 Å². The van der Waals surface area contributed by atoms with Crippen LogP contribution in [-0.4, -0.2) is 59.3 Å². The molecule has 1 fully saturated rings. The Morgan fingerprint density at radius 1 is 1.25 bits per heavy atom. The van der Waals surface area contributed by atoms with Crippen LogP contribution in [0.1, 0.15) is 57.1 Å². The van der Waals surface area contributed by atoms with E-state index in [4.69, 9.17) is 0 Å². The monoisotopic (exact) mass is 390 g/mol. The van der Waals surface area contributed by atoms with E-state index in [2.05, 4.69) is 53.8 Å². The molecule has 3 amide bonds. The first-order valence-corrected chi connectivity index (χ1v) is 10.2. The summed E-state index contributed by atoms with van der Waals surface area (Å²) in [6.07, 6.45) is 1.73. The number of nitrogens with zero attached hydrogens (tertiary/aromatic N) is 3. The number of hydrogen-bond acceptors (Lipinski definition) is 5. The van der Waals surface area contributed by atoms with Gasteiger partial charge in [0.05, 0.1) is 0 Å². The molecule has 0 aliphatic carbocycles. The van der Waals surface area contributed by atoms with E-state index in [1.54, 1.807) is 6.07 Å². The van der Waals surface area contributed by atoms with Gasteiger partial charge in [0.25, 0.3) is 5.91 Å². The first-order chi connectivity index (χ1) is 13.3. The van der Waals surface area contributed by atoms with Crippen molar-refractivity contribution in [3.05, 3.63) is 17.3 Å². The van der Waals surface area contributed by atoms with E-state index in [1.807, 2.05) is 11.8 Å². The minimum Gasteiger partial charge on any atom is -0.338 e. The minimum atomic E-state index is -0.320. The highest BCUT2D eigenvalue weighted by molar-refractivity contribution is 5.93. The molecule has 28 heavy (non-hydrogen) atoms. The highest BCUT2D eigenvalue weighted by Crippen LogP contribution is 2.19. The molecule has 1 aromatic heterocycles. The van der Waals surface area contributed by atoms with E-state index in [9.17, 15) is 9.59 Å². The molecule has 0 saturated carbocycles. The minimum absolute atomic E-state index is 0.0997. The fourth-order valence-electron chi connectivity index (χ4n) is 3.45. The van der Waals surface area contributed by atoms with Gasteiger partial charge in [0.2, 0.25) is 0 Å². The Labute approximate surface area is 167 Å². The third kappa shape index (κ3) is 6.44. The molecule has 0 unspecified atom stereocenters. The first-order valence-electron chi connectivity index (χ1n) is 10.2. The average molecular weight is 391 g/mol. The van der Waals surface area contributed by atoms with Crippen LogP contribution in [0.5, 0.6) is 0 Å². The summed E-state index contributed by atoms with van der Waals surface area (Å²) in [6.45, 7) is 13.0. The molecule has 0 bridgehead atoms. The lowest BCUT2D eigenvalue weighted by atomic mass is 10.0. The number of piperazine rings is 1. The molecule has 8 heteroatoms. The second kappa shape index (κ2) is 10.4.